The molecule has 0 aliphatic heterocycles. The fraction of sp³-hybridized carbons (Fsp3) is 0.357. The first-order valence-corrected chi connectivity index (χ1v) is 6.55. The Morgan fingerprint density at radius 2 is 2.33 bits per heavy atom. The van der Waals surface area contributed by atoms with Crippen LogP contribution in [-0.2, 0) is 17.1 Å². The molecule has 110 valence electrons. The maximum Gasteiger partial charge on any atom is 0.290 e. The highest BCUT2D eigenvalue weighted by Gasteiger charge is 2.32. The van der Waals surface area contributed by atoms with Crippen LogP contribution in [-0.4, -0.2) is 16.0 Å². The average molecular weight is 293 g/mol. The molecule has 0 radical (unpaired) electrons. The minimum Gasteiger partial charge on any atom is -0.338 e. The Bertz CT molecular complexity index is 679. The SMILES string of the molecule is CC(F)(F)c1cc(NC(=O)C2CCc3cccnc32)on1. The highest BCUT2D eigenvalue weighted by Crippen LogP contribution is 2.33. The van der Waals surface area contributed by atoms with Crippen molar-refractivity contribution in [1.29, 1.82) is 0 Å². The number of hydrogen-bond donors (Lipinski definition) is 1. The molecule has 3 rings (SSSR count). The van der Waals surface area contributed by atoms with Gasteiger partial charge in [-0.2, -0.15) is 8.78 Å². The summed E-state index contributed by atoms with van der Waals surface area (Å²) < 4.78 is 30.8. The van der Waals surface area contributed by atoms with Crippen LogP contribution in [0, 0.1) is 0 Å². The molecular weight excluding hydrogens is 280 g/mol. The number of nitrogens with one attached hydrogen (secondary N) is 1. The van der Waals surface area contributed by atoms with Gasteiger partial charge in [-0.3, -0.25) is 15.1 Å². The van der Waals surface area contributed by atoms with Crippen molar-refractivity contribution in [2.24, 2.45) is 0 Å². The van der Waals surface area contributed by atoms with Crippen LogP contribution >= 0.6 is 0 Å². The van der Waals surface area contributed by atoms with E-state index in [0.29, 0.717) is 13.3 Å². The Hall–Kier alpha value is -2.31. The van der Waals surface area contributed by atoms with Crippen LogP contribution in [0.3, 0.4) is 0 Å². The summed E-state index contributed by atoms with van der Waals surface area (Å²) in [5.74, 6) is -3.90. The summed E-state index contributed by atoms with van der Waals surface area (Å²) in [5.41, 5.74) is 1.26. The molecule has 2 heterocycles. The van der Waals surface area contributed by atoms with Gasteiger partial charge in [0.1, 0.15) is 0 Å². The zero-order valence-electron chi connectivity index (χ0n) is 11.3. The molecule has 0 aromatic carbocycles. The van der Waals surface area contributed by atoms with Crippen molar-refractivity contribution in [3.63, 3.8) is 0 Å². The Kier molecular flexibility index (Phi) is 3.19. The smallest absolute Gasteiger partial charge is 0.290 e. The Morgan fingerprint density at radius 1 is 1.52 bits per heavy atom. The molecule has 1 N–H and O–H groups in total. The van der Waals surface area contributed by atoms with E-state index in [1.165, 1.54) is 0 Å². The van der Waals surface area contributed by atoms with Crippen molar-refractivity contribution in [3.8, 4) is 0 Å². The molecule has 1 aliphatic rings. The lowest BCUT2D eigenvalue weighted by atomic mass is 10.1. The van der Waals surface area contributed by atoms with Gasteiger partial charge >= 0.3 is 0 Å². The predicted molar refractivity (Wildman–Crippen MR) is 70.0 cm³/mol. The molecule has 0 fully saturated rings. The van der Waals surface area contributed by atoms with E-state index in [1.807, 2.05) is 12.1 Å². The van der Waals surface area contributed by atoms with E-state index in [1.54, 1.807) is 6.20 Å². The Labute approximate surface area is 119 Å². The lowest BCUT2D eigenvalue weighted by Crippen LogP contribution is -2.19. The first kappa shape index (κ1) is 13.7. The number of aryl methyl sites for hydroxylation is 1. The molecule has 21 heavy (non-hydrogen) atoms. The van der Waals surface area contributed by atoms with Crippen molar-refractivity contribution < 1.29 is 18.1 Å². The number of hydrogen-bond acceptors (Lipinski definition) is 4. The number of pyridine rings is 1. The molecule has 7 heteroatoms. The van der Waals surface area contributed by atoms with Gasteiger partial charge in [0, 0.05) is 19.2 Å². The van der Waals surface area contributed by atoms with E-state index >= 15 is 0 Å². The molecule has 1 amide bonds. The molecule has 5 nitrogen and oxygen atoms in total. The lowest BCUT2D eigenvalue weighted by Gasteiger charge is -2.09. The van der Waals surface area contributed by atoms with E-state index in [4.69, 9.17) is 4.52 Å². The van der Waals surface area contributed by atoms with Gasteiger partial charge in [0.25, 0.3) is 5.92 Å². The summed E-state index contributed by atoms with van der Waals surface area (Å²) in [7, 11) is 0. The van der Waals surface area contributed by atoms with E-state index in [0.717, 1.165) is 23.7 Å². The number of amides is 1. The minimum absolute atomic E-state index is 0.0825. The third kappa shape index (κ3) is 2.63. The number of aromatic nitrogens is 2. The molecular formula is C14H13F2N3O2. The van der Waals surface area contributed by atoms with E-state index in [2.05, 4.69) is 15.5 Å². The van der Waals surface area contributed by atoms with E-state index < -0.39 is 17.5 Å². The molecule has 0 bridgehead atoms. The number of fused-ring (bicyclic) bond motifs is 1. The van der Waals surface area contributed by atoms with Gasteiger partial charge in [0.2, 0.25) is 11.8 Å². The van der Waals surface area contributed by atoms with Crippen molar-refractivity contribution in [2.45, 2.75) is 31.6 Å². The van der Waals surface area contributed by atoms with Crippen LogP contribution in [0.4, 0.5) is 14.7 Å². The summed E-state index contributed by atoms with van der Waals surface area (Å²) >= 11 is 0. The molecule has 1 atom stereocenters. The summed E-state index contributed by atoms with van der Waals surface area (Å²) in [6, 6.07) is 4.79. The number of carbonyl (C=O) groups excluding carboxylic acids is 1. The normalized spacial score (nSPS) is 17.6. The van der Waals surface area contributed by atoms with Crippen molar-refractivity contribution >= 4 is 11.8 Å². The quantitative estimate of drug-likeness (QED) is 0.944. The summed E-state index contributed by atoms with van der Waals surface area (Å²) in [4.78, 5) is 16.4. The van der Waals surface area contributed by atoms with Gasteiger partial charge in [-0.25, -0.2) is 0 Å². The second-order valence-corrected chi connectivity index (χ2v) is 5.09. The number of nitrogens with zero attached hydrogens (tertiary/aromatic N) is 2. The standard InChI is InChI=1S/C14H13F2N3O2/c1-14(15,16)10-7-11(21-19-10)18-13(20)9-5-4-8-3-2-6-17-12(8)9/h2-3,6-7,9H,4-5H2,1H3,(H,18,20). The first-order valence-electron chi connectivity index (χ1n) is 6.55. The van der Waals surface area contributed by atoms with Crippen LogP contribution in [0.25, 0.3) is 0 Å². The van der Waals surface area contributed by atoms with Gasteiger partial charge in [-0.15, -0.1) is 0 Å². The zero-order chi connectivity index (χ0) is 15.0. The number of carbonyl (C=O) groups is 1. The number of alkyl halides is 2. The van der Waals surface area contributed by atoms with E-state index in [9.17, 15) is 13.6 Å². The van der Waals surface area contributed by atoms with E-state index in [-0.39, 0.29) is 11.8 Å². The Morgan fingerprint density at radius 3 is 3.05 bits per heavy atom. The Balaban J connectivity index is 1.75. The van der Waals surface area contributed by atoms with Crippen molar-refractivity contribution in [2.75, 3.05) is 5.32 Å². The molecule has 0 saturated carbocycles. The number of rotatable bonds is 3. The second-order valence-electron chi connectivity index (χ2n) is 5.09. The minimum atomic E-state index is -3.10. The van der Waals surface area contributed by atoms with Crippen LogP contribution in [0.1, 0.15) is 36.2 Å². The van der Waals surface area contributed by atoms with Crippen LogP contribution in [0.5, 0.6) is 0 Å². The van der Waals surface area contributed by atoms with Crippen molar-refractivity contribution in [3.05, 3.63) is 41.3 Å². The third-order valence-corrected chi connectivity index (χ3v) is 3.48. The van der Waals surface area contributed by atoms with Gasteiger partial charge in [-0.1, -0.05) is 11.2 Å². The van der Waals surface area contributed by atoms with Crippen molar-refractivity contribution in [1.82, 2.24) is 10.1 Å². The molecule has 1 aliphatic carbocycles. The van der Waals surface area contributed by atoms with Crippen LogP contribution < -0.4 is 5.32 Å². The molecule has 2 aromatic rings. The average Bonchev–Trinajstić information content (AvgIpc) is 3.03. The second kappa shape index (κ2) is 4.91. The fourth-order valence-electron chi connectivity index (χ4n) is 2.42. The number of halogens is 2. The van der Waals surface area contributed by atoms with Gasteiger partial charge in [0.05, 0.1) is 11.6 Å². The van der Waals surface area contributed by atoms with Gasteiger partial charge in [-0.05, 0) is 24.5 Å². The molecule has 0 saturated heterocycles. The highest BCUT2D eigenvalue weighted by molar-refractivity contribution is 5.95. The molecule has 0 spiro atoms. The molecule has 2 aromatic heterocycles. The summed E-state index contributed by atoms with van der Waals surface area (Å²) in [6.07, 6.45) is 3.05. The third-order valence-electron chi connectivity index (χ3n) is 3.48. The topological polar surface area (TPSA) is 68.0 Å². The number of anilines is 1. The summed E-state index contributed by atoms with van der Waals surface area (Å²) in [5, 5.41) is 5.73. The zero-order valence-corrected chi connectivity index (χ0v) is 11.3. The fourth-order valence-corrected chi connectivity index (χ4v) is 2.42. The van der Waals surface area contributed by atoms with Gasteiger partial charge in [0.15, 0.2) is 5.69 Å². The van der Waals surface area contributed by atoms with Crippen LogP contribution in [0.15, 0.2) is 28.9 Å². The monoisotopic (exact) mass is 293 g/mol. The summed E-state index contributed by atoms with van der Waals surface area (Å²) in [6.45, 7) is 0.716. The maximum atomic E-state index is 13.1. The predicted octanol–water partition coefficient (Wildman–Crippen LogP) is 2.85. The van der Waals surface area contributed by atoms with Crippen LogP contribution in [0.2, 0.25) is 0 Å². The first-order chi connectivity index (χ1) is 9.95. The largest absolute Gasteiger partial charge is 0.338 e. The lowest BCUT2D eigenvalue weighted by molar-refractivity contribution is -0.117. The molecule has 1 unspecified atom stereocenters. The maximum absolute atomic E-state index is 13.1. The van der Waals surface area contributed by atoms with Gasteiger partial charge < -0.3 is 4.52 Å². The highest BCUT2D eigenvalue weighted by atomic mass is 19.3.